The van der Waals surface area contributed by atoms with Crippen molar-refractivity contribution < 1.29 is 9.59 Å². The maximum atomic E-state index is 11.0. The second-order valence-corrected chi connectivity index (χ2v) is 2.72. The highest BCUT2D eigenvalue weighted by Crippen LogP contribution is 2.11. The smallest absolute Gasteiger partial charge is 0.253 e. The van der Waals surface area contributed by atoms with Crippen molar-refractivity contribution in [2.24, 2.45) is 0 Å². The Labute approximate surface area is 75.2 Å². The zero-order valence-electron chi connectivity index (χ0n) is 6.50. The second-order valence-electron chi connectivity index (χ2n) is 2.38. The molecule has 1 rings (SSSR count). The quantitative estimate of drug-likeness (QED) is 0.520. The normalized spacial score (nSPS) is 9.50. The summed E-state index contributed by atoms with van der Waals surface area (Å²) in [4.78, 5) is 21.7. The van der Waals surface area contributed by atoms with Crippen molar-refractivity contribution in [2.75, 3.05) is 0 Å². The topological polar surface area (TPSA) is 34.1 Å². The van der Waals surface area contributed by atoms with Gasteiger partial charge in [0.2, 0.25) is 0 Å². The minimum atomic E-state index is -0.596. The van der Waals surface area contributed by atoms with Crippen LogP contribution in [-0.2, 0) is 0 Å². The minimum absolute atomic E-state index is 0.153. The van der Waals surface area contributed by atoms with Crippen LogP contribution >= 0.6 is 11.6 Å². The first kappa shape index (κ1) is 8.94. The molecule has 0 N–H and O–H groups in total. The Morgan fingerprint density at radius 1 is 1.17 bits per heavy atom. The molecule has 0 atom stereocenters. The molecule has 0 bridgehead atoms. The van der Waals surface area contributed by atoms with Crippen LogP contribution in [0.15, 0.2) is 24.3 Å². The van der Waals surface area contributed by atoms with Gasteiger partial charge in [-0.05, 0) is 24.6 Å². The number of hydrogen-bond donors (Lipinski definition) is 0. The molecule has 0 radical (unpaired) electrons. The molecule has 0 heterocycles. The van der Waals surface area contributed by atoms with E-state index in [0.29, 0.717) is 5.56 Å². The highest BCUT2D eigenvalue weighted by molar-refractivity contribution is 6.68. The monoisotopic (exact) mass is 182 g/mol. The highest BCUT2D eigenvalue weighted by atomic mass is 35.5. The molecule has 0 aromatic heterocycles. The summed E-state index contributed by atoms with van der Waals surface area (Å²) < 4.78 is 0. The van der Waals surface area contributed by atoms with Crippen LogP contribution in [0.25, 0.3) is 0 Å². The van der Waals surface area contributed by atoms with Gasteiger partial charge in [0.1, 0.15) is 0 Å². The molecule has 1 aromatic carbocycles. The number of benzene rings is 1. The average molecular weight is 183 g/mol. The Hall–Kier alpha value is -1.15. The summed E-state index contributed by atoms with van der Waals surface area (Å²) in [7, 11) is 0. The third-order valence-corrected chi connectivity index (χ3v) is 1.72. The summed E-state index contributed by atoms with van der Waals surface area (Å²) >= 11 is 5.26. The first-order chi connectivity index (χ1) is 5.63. The van der Waals surface area contributed by atoms with E-state index in [2.05, 4.69) is 0 Å². The predicted octanol–water partition coefficient (Wildman–Crippen LogP) is 2.27. The molecule has 1 aromatic rings. The molecular formula is C9H7ClO2. The van der Waals surface area contributed by atoms with E-state index in [0.717, 1.165) is 0 Å². The Bertz CT molecular complexity index is 298. The van der Waals surface area contributed by atoms with Crippen LogP contribution in [-0.4, -0.2) is 11.0 Å². The Morgan fingerprint density at radius 2 is 1.67 bits per heavy atom. The zero-order chi connectivity index (χ0) is 9.14. The molecular weight excluding hydrogens is 176 g/mol. The lowest BCUT2D eigenvalue weighted by Crippen LogP contribution is -2.01. The van der Waals surface area contributed by atoms with E-state index >= 15 is 0 Å². The van der Waals surface area contributed by atoms with E-state index in [-0.39, 0.29) is 11.3 Å². The number of carbonyl (C=O) groups is 2. The van der Waals surface area contributed by atoms with E-state index in [1.165, 1.54) is 13.0 Å². The fourth-order valence-corrected chi connectivity index (χ4v) is 1.13. The molecule has 2 nitrogen and oxygen atoms in total. The van der Waals surface area contributed by atoms with Gasteiger partial charge in [0.15, 0.2) is 5.78 Å². The third kappa shape index (κ3) is 1.71. The molecule has 0 saturated heterocycles. The first-order valence-corrected chi connectivity index (χ1v) is 3.80. The number of ketones is 1. The summed E-state index contributed by atoms with van der Waals surface area (Å²) in [6.45, 7) is 1.40. The molecule has 0 saturated carbocycles. The van der Waals surface area contributed by atoms with Gasteiger partial charge in [-0.15, -0.1) is 0 Å². The summed E-state index contributed by atoms with van der Waals surface area (Å²) in [5.74, 6) is -0.153. The van der Waals surface area contributed by atoms with Gasteiger partial charge < -0.3 is 0 Å². The third-order valence-electron chi connectivity index (χ3n) is 1.52. The van der Waals surface area contributed by atoms with Gasteiger partial charge >= 0.3 is 0 Å². The van der Waals surface area contributed by atoms with Crippen molar-refractivity contribution in [3.05, 3.63) is 35.4 Å². The van der Waals surface area contributed by atoms with Gasteiger partial charge in [-0.1, -0.05) is 18.2 Å². The second kappa shape index (κ2) is 3.50. The van der Waals surface area contributed by atoms with Gasteiger partial charge in [0.25, 0.3) is 5.24 Å². The van der Waals surface area contributed by atoms with E-state index in [1.807, 2.05) is 0 Å². The fourth-order valence-electron chi connectivity index (χ4n) is 0.962. The Kier molecular flexibility index (Phi) is 2.61. The van der Waals surface area contributed by atoms with Crippen LogP contribution in [0.2, 0.25) is 0 Å². The fraction of sp³-hybridized carbons (Fsp3) is 0.111. The van der Waals surface area contributed by atoms with Gasteiger partial charge in [-0.25, -0.2) is 0 Å². The minimum Gasteiger partial charge on any atom is -0.294 e. The molecule has 3 heteroatoms. The maximum absolute atomic E-state index is 11.0. The number of carbonyl (C=O) groups excluding carboxylic acids is 2. The van der Waals surface area contributed by atoms with Crippen molar-refractivity contribution in [3.63, 3.8) is 0 Å². The molecule has 0 spiro atoms. The van der Waals surface area contributed by atoms with Crippen LogP contribution in [0.3, 0.4) is 0 Å². The van der Waals surface area contributed by atoms with Crippen LogP contribution in [0, 0.1) is 0 Å². The summed E-state index contributed by atoms with van der Waals surface area (Å²) in [5.41, 5.74) is 0.643. The van der Waals surface area contributed by atoms with E-state index in [1.54, 1.807) is 18.2 Å². The average Bonchev–Trinajstić information content (AvgIpc) is 2.04. The lowest BCUT2D eigenvalue weighted by Gasteiger charge is -1.99. The molecule has 62 valence electrons. The van der Waals surface area contributed by atoms with Gasteiger partial charge in [0, 0.05) is 11.1 Å². The van der Waals surface area contributed by atoms with Crippen molar-refractivity contribution in [2.45, 2.75) is 6.92 Å². The lowest BCUT2D eigenvalue weighted by atomic mass is 10.1. The highest BCUT2D eigenvalue weighted by Gasteiger charge is 2.10. The standard InChI is InChI=1S/C9H7ClO2/c1-6(11)7-4-2-3-5-8(7)9(10)12/h2-5H,1H3. The van der Waals surface area contributed by atoms with E-state index in [4.69, 9.17) is 11.6 Å². The molecule has 0 aliphatic rings. The first-order valence-electron chi connectivity index (χ1n) is 3.42. The van der Waals surface area contributed by atoms with Crippen LogP contribution < -0.4 is 0 Å². The van der Waals surface area contributed by atoms with E-state index < -0.39 is 5.24 Å². The van der Waals surface area contributed by atoms with Crippen molar-refractivity contribution >= 4 is 22.6 Å². The van der Waals surface area contributed by atoms with Gasteiger partial charge in [-0.3, -0.25) is 9.59 Å². The summed E-state index contributed by atoms with van der Waals surface area (Å²) in [6.07, 6.45) is 0. The molecule has 0 aliphatic carbocycles. The summed E-state index contributed by atoms with van der Waals surface area (Å²) in [5, 5.41) is -0.596. The van der Waals surface area contributed by atoms with Crippen LogP contribution in [0.4, 0.5) is 0 Å². The van der Waals surface area contributed by atoms with Crippen LogP contribution in [0.1, 0.15) is 27.6 Å². The Balaban J connectivity index is 3.27. The van der Waals surface area contributed by atoms with Crippen molar-refractivity contribution in [3.8, 4) is 0 Å². The molecule has 12 heavy (non-hydrogen) atoms. The van der Waals surface area contributed by atoms with Crippen molar-refractivity contribution in [1.82, 2.24) is 0 Å². The SMILES string of the molecule is CC(=O)c1ccccc1C(=O)Cl. The Morgan fingerprint density at radius 3 is 2.00 bits per heavy atom. The van der Waals surface area contributed by atoms with Gasteiger partial charge in [0.05, 0.1) is 0 Å². The largest absolute Gasteiger partial charge is 0.294 e. The number of Topliss-reactive ketones (excluding diaryl/α,β-unsaturated/α-hetero) is 1. The molecule has 0 unspecified atom stereocenters. The number of hydrogen-bond acceptors (Lipinski definition) is 2. The predicted molar refractivity (Wildman–Crippen MR) is 46.6 cm³/mol. The molecule has 0 amide bonds. The van der Waals surface area contributed by atoms with E-state index in [9.17, 15) is 9.59 Å². The molecule has 0 aliphatic heterocycles. The number of rotatable bonds is 2. The number of halogens is 1. The maximum Gasteiger partial charge on any atom is 0.253 e. The lowest BCUT2D eigenvalue weighted by molar-refractivity contribution is 0.100. The van der Waals surface area contributed by atoms with Crippen molar-refractivity contribution in [1.29, 1.82) is 0 Å². The summed E-state index contributed by atoms with van der Waals surface area (Å²) in [6, 6.07) is 6.48. The zero-order valence-corrected chi connectivity index (χ0v) is 7.26. The van der Waals surface area contributed by atoms with Gasteiger partial charge in [-0.2, -0.15) is 0 Å². The van der Waals surface area contributed by atoms with Crippen LogP contribution in [0.5, 0.6) is 0 Å². The molecule has 0 fully saturated rings.